The second-order valence-electron chi connectivity index (χ2n) is 3.99. The Labute approximate surface area is 116 Å². The smallest absolute Gasteiger partial charge is 0.320 e. The van der Waals surface area contributed by atoms with Crippen molar-refractivity contribution in [2.45, 2.75) is 12.2 Å². The largest absolute Gasteiger partial charge is 0.416 e. The van der Waals surface area contributed by atoms with Crippen molar-refractivity contribution in [1.29, 1.82) is 0 Å². The maximum absolute atomic E-state index is 12.7. The highest BCUT2D eigenvalue weighted by atomic mass is 79.9. The van der Waals surface area contributed by atoms with Gasteiger partial charge in [0.05, 0.1) is 11.6 Å². The number of rotatable bonds is 2. The summed E-state index contributed by atoms with van der Waals surface area (Å²) < 4.78 is 38.6. The van der Waals surface area contributed by atoms with Crippen molar-refractivity contribution >= 4 is 15.9 Å². The van der Waals surface area contributed by atoms with Crippen LogP contribution in [0.25, 0.3) is 0 Å². The van der Waals surface area contributed by atoms with Gasteiger partial charge in [0.1, 0.15) is 0 Å². The molecular weight excluding hydrogens is 321 g/mol. The molecule has 1 unspecified atom stereocenters. The highest BCUT2D eigenvalue weighted by molar-refractivity contribution is 9.10. The molecule has 2 rings (SSSR count). The normalized spacial score (nSPS) is 13.3. The zero-order chi connectivity index (χ0) is 14.0. The van der Waals surface area contributed by atoms with Crippen LogP contribution >= 0.6 is 15.9 Å². The number of pyridine rings is 1. The molecule has 0 radical (unpaired) electrons. The number of halogens is 4. The standard InChI is InChI=1S/C13H10BrF3N2/c14-11-2-1-9(13(15,16)17)7-10(11)12(18)8-3-5-19-6-4-8/h1-7,12H,18H2. The van der Waals surface area contributed by atoms with Gasteiger partial charge in [-0.2, -0.15) is 13.2 Å². The van der Waals surface area contributed by atoms with Crippen molar-refractivity contribution in [1.82, 2.24) is 4.98 Å². The highest BCUT2D eigenvalue weighted by Gasteiger charge is 2.31. The molecule has 0 spiro atoms. The van der Waals surface area contributed by atoms with Crippen molar-refractivity contribution in [3.8, 4) is 0 Å². The fourth-order valence-corrected chi connectivity index (χ4v) is 2.20. The fraction of sp³-hybridized carbons (Fsp3) is 0.154. The first kappa shape index (κ1) is 14.0. The third kappa shape index (κ3) is 3.13. The number of benzene rings is 1. The molecule has 2 nitrogen and oxygen atoms in total. The van der Waals surface area contributed by atoms with E-state index < -0.39 is 17.8 Å². The predicted molar refractivity (Wildman–Crippen MR) is 69.4 cm³/mol. The molecule has 0 aliphatic heterocycles. The highest BCUT2D eigenvalue weighted by Crippen LogP contribution is 2.34. The first-order valence-electron chi connectivity index (χ1n) is 5.42. The molecule has 19 heavy (non-hydrogen) atoms. The molecule has 6 heteroatoms. The summed E-state index contributed by atoms with van der Waals surface area (Å²) in [5, 5.41) is 0. The van der Waals surface area contributed by atoms with Gasteiger partial charge in [0.15, 0.2) is 0 Å². The Morgan fingerprint density at radius 1 is 1.11 bits per heavy atom. The van der Waals surface area contributed by atoms with E-state index in [0.717, 1.165) is 12.1 Å². The number of aromatic nitrogens is 1. The Kier molecular flexibility index (Phi) is 3.91. The van der Waals surface area contributed by atoms with Gasteiger partial charge >= 0.3 is 6.18 Å². The molecule has 0 bridgehead atoms. The summed E-state index contributed by atoms with van der Waals surface area (Å²) in [6.45, 7) is 0. The van der Waals surface area contributed by atoms with Gasteiger partial charge in [-0.3, -0.25) is 4.98 Å². The van der Waals surface area contributed by atoms with Crippen LogP contribution < -0.4 is 5.73 Å². The van der Waals surface area contributed by atoms with E-state index in [4.69, 9.17) is 5.73 Å². The Bertz CT molecular complexity index is 570. The minimum Gasteiger partial charge on any atom is -0.320 e. The maximum atomic E-state index is 12.7. The average molecular weight is 331 g/mol. The van der Waals surface area contributed by atoms with Crippen molar-refractivity contribution in [2.75, 3.05) is 0 Å². The van der Waals surface area contributed by atoms with Crippen molar-refractivity contribution in [2.24, 2.45) is 5.73 Å². The molecule has 2 aromatic rings. The fourth-order valence-electron chi connectivity index (χ4n) is 1.71. The zero-order valence-corrected chi connectivity index (χ0v) is 11.2. The van der Waals surface area contributed by atoms with Crippen molar-refractivity contribution < 1.29 is 13.2 Å². The van der Waals surface area contributed by atoms with Crippen molar-refractivity contribution in [3.63, 3.8) is 0 Å². The monoisotopic (exact) mass is 330 g/mol. The topological polar surface area (TPSA) is 38.9 Å². The summed E-state index contributed by atoms with van der Waals surface area (Å²) in [4.78, 5) is 3.85. The quantitative estimate of drug-likeness (QED) is 0.906. The first-order chi connectivity index (χ1) is 8.89. The molecule has 2 N–H and O–H groups in total. The van der Waals surface area contributed by atoms with Gasteiger partial charge in [-0.25, -0.2) is 0 Å². The second-order valence-corrected chi connectivity index (χ2v) is 4.85. The summed E-state index contributed by atoms with van der Waals surface area (Å²) >= 11 is 3.23. The molecule has 0 saturated carbocycles. The van der Waals surface area contributed by atoms with E-state index >= 15 is 0 Å². The summed E-state index contributed by atoms with van der Waals surface area (Å²) in [5.74, 6) is 0. The van der Waals surface area contributed by atoms with E-state index in [-0.39, 0.29) is 0 Å². The SMILES string of the molecule is NC(c1ccncc1)c1cc(C(F)(F)F)ccc1Br. The Morgan fingerprint density at radius 2 is 1.74 bits per heavy atom. The van der Waals surface area contributed by atoms with Crippen molar-refractivity contribution in [3.05, 3.63) is 63.9 Å². The third-order valence-electron chi connectivity index (χ3n) is 2.72. The number of nitrogens with zero attached hydrogens (tertiary/aromatic N) is 1. The van der Waals surface area contributed by atoms with Crippen LogP contribution in [-0.4, -0.2) is 4.98 Å². The minimum absolute atomic E-state index is 0.390. The lowest BCUT2D eigenvalue weighted by molar-refractivity contribution is -0.137. The molecule has 0 saturated heterocycles. The molecule has 1 atom stereocenters. The summed E-state index contributed by atoms with van der Waals surface area (Å²) in [7, 11) is 0. The average Bonchev–Trinajstić information content (AvgIpc) is 2.38. The number of alkyl halides is 3. The number of hydrogen-bond acceptors (Lipinski definition) is 2. The predicted octanol–water partition coefficient (Wildman–Crippen LogP) is 3.91. The van der Waals surface area contributed by atoms with Gasteiger partial charge in [-0.05, 0) is 41.5 Å². The van der Waals surface area contributed by atoms with Gasteiger partial charge in [-0.15, -0.1) is 0 Å². The third-order valence-corrected chi connectivity index (χ3v) is 3.45. The molecule has 0 aliphatic carbocycles. The molecule has 1 heterocycles. The summed E-state index contributed by atoms with van der Waals surface area (Å²) in [6, 6.07) is 6.16. The van der Waals surface area contributed by atoms with E-state index in [1.165, 1.54) is 6.07 Å². The van der Waals surface area contributed by atoms with Crippen LogP contribution in [0, 0.1) is 0 Å². The molecular formula is C13H10BrF3N2. The van der Waals surface area contributed by atoms with Gasteiger partial charge in [0.2, 0.25) is 0 Å². The van der Waals surface area contributed by atoms with Crippen LogP contribution in [0.2, 0.25) is 0 Å². The Hall–Kier alpha value is -1.40. The van der Waals surface area contributed by atoms with Gasteiger partial charge in [0, 0.05) is 16.9 Å². The van der Waals surface area contributed by atoms with Crippen LogP contribution in [0.1, 0.15) is 22.7 Å². The molecule has 0 amide bonds. The molecule has 1 aromatic heterocycles. The lowest BCUT2D eigenvalue weighted by atomic mass is 9.98. The van der Waals surface area contributed by atoms with Gasteiger partial charge < -0.3 is 5.73 Å². The van der Waals surface area contributed by atoms with Crippen LogP contribution in [0.3, 0.4) is 0 Å². The zero-order valence-electron chi connectivity index (χ0n) is 9.66. The molecule has 0 fully saturated rings. The van der Waals surface area contributed by atoms with Gasteiger partial charge in [0.25, 0.3) is 0 Å². The maximum Gasteiger partial charge on any atom is 0.416 e. The summed E-state index contributed by atoms with van der Waals surface area (Å²) in [5.41, 5.74) is 6.38. The van der Waals surface area contributed by atoms with Crippen LogP contribution in [0.4, 0.5) is 13.2 Å². The lowest BCUT2D eigenvalue weighted by Gasteiger charge is -2.16. The van der Waals surface area contributed by atoms with E-state index in [2.05, 4.69) is 20.9 Å². The molecule has 1 aromatic carbocycles. The first-order valence-corrected chi connectivity index (χ1v) is 6.21. The van der Waals surface area contributed by atoms with E-state index in [1.54, 1.807) is 24.5 Å². The second kappa shape index (κ2) is 5.30. The summed E-state index contributed by atoms with van der Waals surface area (Å²) in [6.07, 6.45) is -1.28. The molecule has 100 valence electrons. The number of hydrogen-bond donors (Lipinski definition) is 1. The Morgan fingerprint density at radius 3 is 2.32 bits per heavy atom. The Balaban J connectivity index is 2.45. The van der Waals surface area contributed by atoms with Crippen LogP contribution in [0.15, 0.2) is 47.2 Å². The van der Waals surface area contributed by atoms with E-state index in [9.17, 15) is 13.2 Å². The van der Waals surface area contributed by atoms with Crippen LogP contribution in [0.5, 0.6) is 0 Å². The van der Waals surface area contributed by atoms with E-state index in [1.807, 2.05) is 0 Å². The molecule has 0 aliphatic rings. The number of nitrogens with two attached hydrogens (primary N) is 1. The van der Waals surface area contributed by atoms with Gasteiger partial charge in [-0.1, -0.05) is 15.9 Å². The van der Waals surface area contributed by atoms with E-state index in [0.29, 0.717) is 15.6 Å². The van der Waals surface area contributed by atoms with Crippen LogP contribution in [-0.2, 0) is 6.18 Å². The lowest BCUT2D eigenvalue weighted by Crippen LogP contribution is -2.14. The minimum atomic E-state index is -4.38.